The Kier molecular flexibility index (Phi) is 6.74. The average Bonchev–Trinajstić information content (AvgIpc) is 3.00. The second kappa shape index (κ2) is 9.01. The second-order valence-electron chi connectivity index (χ2n) is 6.27. The number of Topliss-reactive ketones (excluding diaryl/α,β-unsaturated/α-hetero) is 1. The molecule has 1 aromatic carbocycles. The average molecular weight is 343 g/mol. The largest absolute Gasteiger partial charge is 0.444 e. The number of carbonyl (C=O) groups excluding carboxylic acids is 2. The number of hydrogen-bond acceptors (Lipinski definition) is 4. The van der Waals surface area contributed by atoms with Gasteiger partial charge in [-0.25, -0.2) is 4.79 Å². The zero-order chi connectivity index (χ0) is 18.2. The molecule has 0 radical (unpaired) electrons. The molecule has 6 heteroatoms. The molecule has 6 nitrogen and oxygen atoms in total. The van der Waals surface area contributed by atoms with Gasteiger partial charge in [-0.2, -0.15) is 5.10 Å². The van der Waals surface area contributed by atoms with Gasteiger partial charge in [0.25, 0.3) is 0 Å². The van der Waals surface area contributed by atoms with Crippen LogP contribution >= 0.6 is 0 Å². The number of anilines is 1. The zero-order valence-electron chi connectivity index (χ0n) is 15.0. The normalized spacial score (nSPS) is 10.5. The number of rotatable bonds is 8. The van der Waals surface area contributed by atoms with Crippen molar-refractivity contribution >= 4 is 17.6 Å². The van der Waals surface area contributed by atoms with Crippen LogP contribution in [0.3, 0.4) is 0 Å². The number of aryl methyl sites for hydroxylation is 3. The van der Waals surface area contributed by atoms with Gasteiger partial charge in [0.15, 0.2) is 0 Å². The molecule has 1 N–H and O–H groups in total. The molecule has 0 saturated carbocycles. The Hall–Kier alpha value is -2.63. The summed E-state index contributed by atoms with van der Waals surface area (Å²) in [5.41, 5.74) is 3.94. The molecule has 0 aliphatic heterocycles. The maximum Gasteiger partial charge on any atom is 0.412 e. The summed E-state index contributed by atoms with van der Waals surface area (Å²) in [6.45, 7) is 6.62. The Bertz CT molecular complexity index is 737. The summed E-state index contributed by atoms with van der Waals surface area (Å²) in [4.78, 5) is 22.8. The molecule has 1 aromatic heterocycles. The lowest BCUT2D eigenvalue weighted by atomic mass is 10.1. The van der Waals surface area contributed by atoms with E-state index >= 15 is 0 Å². The minimum Gasteiger partial charge on any atom is -0.444 e. The molecule has 0 bridgehead atoms. The van der Waals surface area contributed by atoms with Gasteiger partial charge in [-0.05, 0) is 50.3 Å². The summed E-state index contributed by atoms with van der Waals surface area (Å²) in [6, 6.07) is 5.98. The number of aromatic nitrogens is 2. The summed E-state index contributed by atoms with van der Waals surface area (Å²) in [5.74, 6) is 0.203. The molecule has 2 aromatic rings. The van der Waals surface area contributed by atoms with Gasteiger partial charge in [0.1, 0.15) is 12.4 Å². The van der Waals surface area contributed by atoms with E-state index in [1.165, 1.54) is 11.1 Å². The maximum atomic E-state index is 11.9. The van der Waals surface area contributed by atoms with E-state index in [4.69, 9.17) is 4.74 Å². The number of hydrogen-bond donors (Lipinski definition) is 1. The third kappa shape index (κ3) is 6.41. The van der Waals surface area contributed by atoms with Crippen LogP contribution in [0.2, 0.25) is 0 Å². The van der Waals surface area contributed by atoms with Crippen LogP contribution in [0.4, 0.5) is 10.5 Å². The molecule has 134 valence electrons. The molecule has 1 amide bonds. The minimum absolute atomic E-state index is 0.203. The fourth-order valence-corrected chi connectivity index (χ4v) is 2.39. The first-order valence-electron chi connectivity index (χ1n) is 8.46. The van der Waals surface area contributed by atoms with E-state index in [-0.39, 0.29) is 12.4 Å². The molecule has 0 aliphatic rings. The Morgan fingerprint density at radius 3 is 2.72 bits per heavy atom. The van der Waals surface area contributed by atoms with Crippen LogP contribution in [0.1, 0.15) is 42.9 Å². The first kappa shape index (κ1) is 18.7. The van der Waals surface area contributed by atoms with E-state index in [0.29, 0.717) is 18.7 Å². The van der Waals surface area contributed by atoms with E-state index in [1.807, 2.05) is 32.0 Å². The lowest BCUT2D eigenvalue weighted by molar-refractivity contribution is -0.117. The van der Waals surface area contributed by atoms with Crippen molar-refractivity contribution in [3.63, 3.8) is 0 Å². The van der Waals surface area contributed by atoms with Crippen LogP contribution in [-0.4, -0.2) is 21.7 Å². The van der Waals surface area contributed by atoms with Crippen LogP contribution < -0.4 is 5.32 Å². The van der Waals surface area contributed by atoms with Gasteiger partial charge in [-0.15, -0.1) is 0 Å². The molecular formula is C19H25N3O3. The lowest BCUT2D eigenvalue weighted by Gasteiger charge is -2.07. The highest BCUT2D eigenvalue weighted by molar-refractivity contribution is 5.84. The third-order valence-corrected chi connectivity index (χ3v) is 3.99. The van der Waals surface area contributed by atoms with Crippen molar-refractivity contribution < 1.29 is 14.3 Å². The van der Waals surface area contributed by atoms with Gasteiger partial charge >= 0.3 is 6.09 Å². The molecule has 2 rings (SSSR count). The Morgan fingerprint density at radius 1 is 1.20 bits per heavy atom. The van der Waals surface area contributed by atoms with Crippen LogP contribution in [0.5, 0.6) is 0 Å². The predicted octanol–water partition coefficient (Wildman–Crippen LogP) is 4.01. The first-order valence-corrected chi connectivity index (χ1v) is 8.46. The summed E-state index contributed by atoms with van der Waals surface area (Å²) < 4.78 is 6.99. The maximum absolute atomic E-state index is 11.9. The topological polar surface area (TPSA) is 73.2 Å². The van der Waals surface area contributed by atoms with Gasteiger partial charge in [-0.1, -0.05) is 18.2 Å². The van der Waals surface area contributed by atoms with Gasteiger partial charge < -0.3 is 9.53 Å². The van der Waals surface area contributed by atoms with E-state index in [2.05, 4.69) is 10.4 Å². The monoisotopic (exact) mass is 343 g/mol. The number of amides is 1. The first-order chi connectivity index (χ1) is 11.9. The van der Waals surface area contributed by atoms with Crippen LogP contribution in [-0.2, 0) is 22.7 Å². The summed E-state index contributed by atoms with van der Waals surface area (Å²) in [5, 5.41) is 6.86. The molecule has 0 atom stereocenters. The summed E-state index contributed by atoms with van der Waals surface area (Å²) >= 11 is 0. The number of ether oxygens (including phenoxy) is 1. The quantitative estimate of drug-likeness (QED) is 0.735. The van der Waals surface area contributed by atoms with Crippen LogP contribution in [0, 0.1) is 13.8 Å². The zero-order valence-corrected chi connectivity index (χ0v) is 15.0. The number of unbranched alkanes of at least 4 members (excludes halogenated alkanes) is 1. The summed E-state index contributed by atoms with van der Waals surface area (Å²) in [6.07, 6.45) is 5.15. The lowest BCUT2D eigenvalue weighted by Crippen LogP contribution is -2.13. The molecule has 0 fully saturated rings. The van der Waals surface area contributed by atoms with Crippen LogP contribution in [0.25, 0.3) is 0 Å². The molecule has 0 unspecified atom stereocenters. The Labute approximate surface area is 148 Å². The van der Waals surface area contributed by atoms with Crippen molar-refractivity contribution in [1.82, 2.24) is 9.78 Å². The van der Waals surface area contributed by atoms with E-state index in [1.54, 1.807) is 24.0 Å². The Balaban J connectivity index is 1.75. The number of ketones is 1. The van der Waals surface area contributed by atoms with E-state index < -0.39 is 6.09 Å². The smallest absolute Gasteiger partial charge is 0.412 e. The van der Waals surface area contributed by atoms with Crippen molar-refractivity contribution in [1.29, 1.82) is 0 Å². The predicted molar refractivity (Wildman–Crippen MR) is 96.5 cm³/mol. The fourth-order valence-electron chi connectivity index (χ4n) is 2.39. The molecule has 25 heavy (non-hydrogen) atoms. The minimum atomic E-state index is -0.505. The highest BCUT2D eigenvalue weighted by atomic mass is 16.5. The van der Waals surface area contributed by atoms with E-state index in [9.17, 15) is 9.59 Å². The summed E-state index contributed by atoms with van der Waals surface area (Å²) in [7, 11) is 0. The number of nitrogens with one attached hydrogen (secondary N) is 1. The number of benzene rings is 1. The molecule has 0 spiro atoms. The van der Waals surface area contributed by atoms with Gasteiger partial charge in [0.2, 0.25) is 0 Å². The number of nitrogens with zero attached hydrogens (tertiary/aromatic N) is 2. The fraction of sp³-hybridized carbons (Fsp3) is 0.421. The van der Waals surface area contributed by atoms with Crippen molar-refractivity contribution in [2.45, 2.75) is 53.2 Å². The molecule has 1 heterocycles. The highest BCUT2D eigenvalue weighted by Crippen LogP contribution is 2.12. The van der Waals surface area contributed by atoms with Crippen molar-refractivity contribution in [2.24, 2.45) is 0 Å². The standard InChI is InChI=1S/C19H25N3O3/c1-14-7-8-17(10-15(14)2)13-25-19(24)21-18-11-20-22(12-18)9-5-4-6-16(3)23/h7-8,10-12H,4-6,9,13H2,1-3H3,(H,21,24). The third-order valence-electron chi connectivity index (χ3n) is 3.99. The van der Waals surface area contributed by atoms with Gasteiger partial charge in [0.05, 0.1) is 11.9 Å². The highest BCUT2D eigenvalue weighted by Gasteiger charge is 2.07. The molecule has 0 saturated heterocycles. The number of carbonyl (C=O) groups is 2. The van der Waals surface area contributed by atoms with E-state index in [0.717, 1.165) is 18.4 Å². The molecule has 0 aliphatic carbocycles. The van der Waals surface area contributed by atoms with Crippen LogP contribution in [0.15, 0.2) is 30.6 Å². The van der Waals surface area contributed by atoms with Gasteiger partial charge in [-0.3, -0.25) is 10.00 Å². The SMILES string of the molecule is CC(=O)CCCCn1cc(NC(=O)OCc2ccc(C)c(C)c2)cn1. The Morgan fingerprint density at radius 2 is 2.00 bits per heavy atom. The van der Waals surface area contributed by atoms with Gasteiger partial charge in [0, 0.05) is 19.2 Å². The second-order valence-corrected chi connectivity index (χ2v) is 6.27. The van der Waals surface area contributed by atoms with Crippen molar-refractivity contribution in [3.8, 4) is 0 Å². The van der Waals surface area contributed by atoms with Crippen molar-refractivity contribution in [2.75, 3.05) is 5.32 Å². The molecular weight excluding hydrogens is 318 g/mol. The van der Waals surface area contributed by atoms with Crippen molar-refractivity contribution in [3.05, 3.63) is 47.3 Å².